The van der Waals surface area contributed by atoms with Crippen LogP contribution >= 0.6 is 0 Å². The van der Waals surface area contributed by atoms with E-state index in [4.69, 9.17) is 14.3 Å². The molecule has 0 aliphatic carbocycles. The van der Waals surface area contributed by atoms with Gasteiger partial charge in [-0.1, -0.05) is 13.8 Å². The second-order valence-corrected chi connectivity index (χ2v) is 5.36. The first kappa shape index (κ1) is 14.6. The summed E-state index contributed by atoms with van der Waals surface area (Å²) in [5, 5.41) is 8.77. The number of carboxylic acids is 1. The highest BCUT2D eigenvalue weighted by molar-refractivity contribution is 5.93. The van der Waals surface area contributed by atoms with Gasteiger partial charge >= 0.3 is 5.97 Å². The summed E-state index contributed by atoms with van der Waals surface area (Å²) in [7, 11) is 0. The number of carbonyl (C=O) groups is 2. The Balaban J connectivity index is 1.92. The Bertz CT molecular complexity index is 494. The monoisotopic (exact) mass is 281 g/mol. The molecule has 1 aliphatic heterocycles. The molecule has 0 aromatic carbocycles. The lowest BCUT2D eigenvalue weighted by Crippen LogP contribution is -2.30. The molecule has 1 aromatic heterocycles. The molecular weight excluding hydrogens is 262 g/mol. The van der Waals surface area contributed by atoms with Gasteiger partial charge in [-0.25, -0.2) is 4.79 Å². The first-order valence-electron chi connectivity index (χ1n) is 6.71. The fourth-order valence-corrected chi connectivity index (χ4v) is 2.10. The van der Waals surface area contributed by atoms with Crippen molar-refractivity contribution in [2.45, 2.75) is 26.4 Å². The summed E-state index contributed by atoms with van der Waals surface area (Å²) in [5.74, 6) is -1.16. The quantitative estimate of drug-likeness (QED) is 0.891. The van der Waals surface area contributed by atoms with Crippen LogP contribution in [0.1, 0.15) is 41.4 Å². The van der Waals surface area contributed by atoms with Crippen LogP contribution in [0.3, 0.4) is 0 Å². The standard InChI is InChI=1S/C14H19NO5/c1-9(2)8-19-10-5-6-15(7-10)13(16)11-3-4-12(20-11)14(17)18/h3-4,9-10H,5-8H2,1-2H3,(H,17,18). The summed E-state index contributed by atoms with van der Waals surface area (Å²) in [4.78, 5) is 24.5. The van der Waals surface area contributed by atoms with Gasteiger partial charge in [-0.05, 0) is 24.5 Å². The van der Waals surface area contributed by atoms with Crippen molar-refractivity contribution >= 4 is 11.9 Å². The van der Waals surface area contributed by atoms with Crippen molar-refractivity contribution in [2.24, 2.45) is 5.92 Å². The highest BCUT2D eigenvalue weighted by Gasteiger charge is 2.29. The number of hydrogen-bond acceptors (Lipinski definition) is 4. The van der Waals surface area contributed by atoms with Gasteiger partial charge in [0.25, 0.3) is 5.91 Å². The molecule has 6 nitrogen and oxygen atoms in total. The topological polar surface area (TPSA) is 80.0 Å². The zero-order valence-corrected chi connectivity index (χ0v) is 11.7. The van der Waals surface area contributed by atoms with E-state index in [-0.39, 0.29) is 23.5 Å². The molecule has 1 fully saturated rings. The van der Waals surface area contributed by atoms with Gasteiger partial charge in [-0.3, -0.25) is 4.79 Å². The van der Waals surface area contributed by atoms with E-state index >= 15 is 0 Å². The number of nitrogens with zero attached hydrogens (tertiary/aromatic N) is 1. The molecule has 0 spiro atoms. The number of hydrogen-bond donors (Lipinski definition) is 1. The molecule has 1 aliphatic rings. The minimum Gasteiger partial charge on any atom is -0.475 e. The van der Waals surface area contributed by atoms with Crippen molar-refractivity contribution in [3.8, 4) is 0 Å². The fraction of sp³-hybridized carbons (Fsp3) is 0.571. The normalized spacial score (nSPS) is 18.8. The van der Waals surface area contributed by atoms with E-state index < -0.39 is 5.97 Å². The Morgan fingerprint density at radius 3 is 2.75 bits per heavy atom. The lowest BCUT2D eigenvalue weighted by Gasteiger charge is -2.16. The zero-order chi connectivity index (χ0) is 14.7. The number of carboxylic acid groups (broad SMARTS) is 1. The average molecular weight is 281 g/mol. The minimum absolute atomic E-state index is 0.0512. The molecule has 2 rings (SSSR count). The molecule has 1 aromatic rings. The van der Waals surface area contributed by atoms with Crippen molar-refractivity contribution in [1.82, 2.24) is 4.90 Å². The average Bonchev–Trinajstić information content (AvgIpc) is 3.05. The lowest BCUT2D eigenvalue weighted by molar-refractivity contribution is 0.0390. The van der Waals surface area contributed by atoms with Gasteiger partial charge < -0.3 is 19.2 Å². The Labute approximate surface area is 117 Å². The summed E-state index contributed by atoms with van der Waals surface area (Å²) in [6, 6.07) is 2.69. The number of likely N-dealkylation sites (tertiary alicyclic amines) is 1. The number of ether oxygens (including phenoxy) is 1. The van der Waals surface area contributed by atoms with Gasteiger partial charge in [0.1, 0.15) is 0 Å². The van der Waals surface area contributed by atoms with Gasteiger partial charge in [0.05, 0.1) is 6.10 Å². The van der Waals surface area contributed by atoms with Crippen LogP contribution in [0.5, 0.6) is 0 Å². The Morgan fingerprint density at radius 1 is 1.45 bits per heavy atom. The SMILES string of the molecule is CC(C)COC1CCN(C(=O)c2ccc(C(=O)O)o2)C1. The van der Waals surface area contributed by atoms with E-state index in [9.17, 15) is 9.59 Å². The van der Waals surface area contributed by atoms with Crippen molar-refractivity contribution in [2.75, 3.05) is 19.7 Å². The fourth-order valence-electron chi connectivity index (χ4n) is 2.10. The van der Waals surface area contributed by atoms with Crippen LogP contribution in [0.25, 0.3) is 0 Å². The molecule has 0 radical (unpaired) electrons. The molecule has 20 heavy (non-hydrogen) atoms. The molecule has 2 heterocycles. The minimum atomic E-state index is -1.18. The predicted molar refractivity (Wildman–Crippen MR) is 70.8 cm³/mol. The van der Waals surface area contributed by atoms with Gasteiger partial charge in [-0.2, -0.15) is 0 Å². The highest BCUT2D eigenvalue weighted by Crippen LogP contribution is 2.18. The van der Waals surface area contributed by atoms with Gasteiger partial charge in [-0.15, -0.1) is 0 Å². The molecule has 1 saturated heterocycles. The third kappa shape index (κ3) is 3.39. The van der Waals surface area contributed by atoms with E-state index in [0.29, 0.717) is 25.6 Å². The Morgan fingerprint density at radius 2 is 2.15 bits per heavy atom. The molecule has 0 saturated carbocycles. The maximum Gasteiger partial charge on any atom is 0.371 e. The maximum atomic E-state index is 12.2. The van der Waals surface area contributed by atoms with E-state index in [1.54, 1.807) is 4.90 Å². The second-order valence-electron chi connectivity index (χ2n) is 5.36. The first-order valence-corrected chi connectivity index (χ1v) is 6.71. The maximum absolute atomic E-state index is 12.2. The van der Waals surface area contributed by atoms with Crippen molar-refractivity contribution in [1.29, 1.82) is 0 Å². The van der Waals surface area contributed by atoms with E-state index in [0.717, 1.165) is 6.42 Å². The van der Waals surface area contributed by atoms with E-state index in [1.165, 1.54) is 12.1 Å². The highest BCUT2D eigenvalue weighted by atomic mass is 16.5. The summed E-state index contributed by atoms with van der Waals surface area (Å²) in [6.45, 7) is 5.96. The van der Waals surface area contributed by atoms with Crippen molar-refractivity contribution < 1.29 is 23.8 Å². The van der Waals surface area contributed by atoms with Crippen LogP contribution in [0.2, 0.25) is 0 Å². The van der Waals surface area contributed by atoms with Crippen LogP contribution in [0.4, 0.5) is 0 Å². The van der Waals surface area contributed by atoms with Crippen LogP contribution in [0, 0.1) is 5.92 Å². The molecular formula is C14H19NO5. The molecule has 1 amide bonds. The molecule has 1 atom stereocenters. The smallest absolute Gasteiger partial charge is 0.371 e. The summed E-state index contributed by atoms with van der Waals surface area (Å²) in [6.07, 6.45) is 0.848. The number of carbonyl (C=O) groups excluding carboxylic acids is 1. The molecule has 6 heteroatoms. The number of aromatic carboxylic acids is 1. The van der Waals surface area contributed by atoms with Crippen molar-refractivity contribution in [3.63, 3.8) is 0 Å². The first-order chi connectivity index (χ1) is 9.47. The van der Waals surface area contributed by atoms with E-state index in [1.807, 2.05) is 0 Å². The van der Waals surface area contributed by atoms with Gasteiger partial charge in [0.2, 0.25) is 5.76 Å². The molecule has 1 N–H and O–H groups in total. The second kappa shape index (κ2) is 6.09. The zero-order valence-electron chi connectivity index (χ0n) is 11.7. The summed E-state index contributed by atoms with van der Waals surface area (Å²) >= 11 is 0. The summed E-state index contributed by atoms with van der Waals surface area (Å²) < 4.78 is 10.7. The Kier molecular flexibility index (Phi) is 4.44. The summed E-state index contributed by atoms with van der Waals surface area (Å²) in [5.41, 5.74) is 0. The Hall–Kier alpha value is -1.82. The lowest BCUT2D eigenvalue weighted by atomic mass is 10.2. The third-order valence-electron chi connectivity index (χ3n) is 3.13. The van der Waals surface area contributed by atoms with Crippen LogP contribution < -0.4 is 0 Å². The number of rotatable bonds is 5. The molecule has 0 bridgehead atoms. The van der Waals surface area contributed by atoms with Crippen LogP contribution in [-0.4, -0.2) is 47.7 Å². The predicted octanol–water partition coefficient (Wildman–Crippen LogP) is 1.86. The van der Waals surface area contributed by atoms with Crippen molar-refractivity contribution in [3.05, 3.63) is 23.7 Å². The van der Waals surface area contributed by atoms with Crippen LogP contribution in [-0.2, 0) is 4.74 Å². The third-order valence-corrected chi connectivity index (χ3v) is 3.13. The number of amides is 1. The molecule has 1 unspecified atom stereocenters. The van der Waals surface area contributed by atoms with E-state index in [2.05, 4.69) is 13.8 Å². The van der Waals surface area contributed by atoms with Gasteiger partial charge in [0.15, 0.2) is 5.76 Å². The molecule has 110 valence electrons. The van der Waals surface area contributed by atoms with Gasteiger partial charge in [0, 0.05) is 19.7 Å². The number of furan rings is 1. The van der Waals surface area contributed by atoms with Crippen LogP contribution in [0.15, 0.2) is 16.5 Å². The largest absolute Gasteiger partial charge is 0.475 e.